The van der Waals surface area contributed by atoms with E-state index >= 15 is 0 Å². The van der Waals surface area contributed by atoms with Crippen LogP contribution in [0, 0.1) is 5.92 Å². The molecule has 0 fully saturated rings. The lowest BCUT2D eigenvalue weighted by Gasteiger charge is -2.26. The molecule has 0 saturated heterocycles. The lowest BCUT2D eigenvalue weighted by atomic mass is 9.95. The van der Waals surface area contributed by atoms with Crippen molar-refractivity contribution in [1.29, 1.82) is 0 Å². The predicted molar refractivity (Wildman–Crippen MR) is 181 cm³/mol. The maximum atomic E-state index is 13.8. The molecule has 3 aromatic rings. The molecule has 2 amide bonds. The van der Waals surface area contributed by atoms with Crippen molar-refractivity contribution in [3.05, 3.63) is 69.4 Å². The molecule has 0 bridgehead atoms. The fraction of sp³-hybridized carbons (Fsp3) is 0.417. The summed E-state index contributed by atoms with van der Waals surface area (Å²) in [6.45, 7) is 7.18. The van der Waals surface area contributed by atoms with E-state index in [-0.39, 0.29) is 34.9 Å². The van der Waals surface area contributed by atoms with Crippen LogP contribution in [0.5, 0.6) is 28.7 Å². The summed E-state index contributed by atoms with van der Waals surface area (Å²) in [5, 5.41) is 9.25. The van der Waals surface area contributed by atoms with Crippen molar-refractivity contribution in [2.75, 3.05) is 40.9 Å². The molecule has 11 nitrogen and oxygen atoms in total. The average molecular weight is 648 g/mol. The summed E-state index contributed by atoms with van der Waals surface area (Å²) in [4.78, 5) is 39.6. The number of hydrogen-bond donors (Lipinski definition) is 3. The van der Waals surface area contributed by atoms with Crippen LogP contribution in [-0.4, -0.2) is 53.4 Å². The van der Waals surface area contributed by atoms with Gasteiger partial charge in [-0.25, -0.2) is 0 Å². The lowest BCUT2D eigenvalue weighted by molar-refractivity contribution is -0.122. The Labute approximate surface area is 275 Å². The van der Waals surface area contributed by atoms with Gasteiger partial charge < -0.3 is 39.6 Å². The van der Waals surface area contributed by atoms with Gasteiger partial charge in [-0.15, -0.1) is 0 Å². The van der Waals surface area contributed by atoms with E-state index in [0.29, 0.717) is 52.7 Å². The minimum atomic E-state index is -0.761. The number of rotatable bonds is 12. The summed E-state index contributed by atoms with van der Waals surface area (Å²) in [5.74, 6) is 2.11. The molecular formula is C36H45N3O8. The first-order chi connectivity index (χ1) is 22.5. The van der Waals surface area contributed by atoms with Crippen molar-refractivity contribution in [3.8, 4) is 39.9 Å². The topological polar surface area (TPSA) is 133 Å². The summed E-state index contributed by atoms with van der Waals surface area (Å²) in [6, 6.07) is 10.9. The van der Waals surface area contributed by atoms with Crippen molar-refractivity contribution in [2.24, 2.45) is 5.92 Å². The second-order valence-corrected chi connectivity index (χ2v) is 11.8. The van der Waals surface area contributed by atoms with Gasteiger partial charge in [-0.2, -0.15) is 0 Å². The fourth-order valence-electron chi connectivity index (χ4n) is 6.09. The number of carbonyl (C=O) groups is 2. The first-order valence-electron chi connectivity index (χ1n) is 15.5. The van der Waals surface area contributed by atoms with Gasteiger partial charge in [0.1, 0.15) is 6.04 Å². The molecule has 0 radical (unpaired) electrons. The first kappa shape index (κ1) is 34.9. The molecule has 0 saturated carbocycles. The second-order valence-electron chi connectivity index (χ2n) is 11.8. The quantitative estimate of drug-likeness (QED) is 0.243. The van der Waals surface area contributed by atoms with Crippen LogP contribution >= 0.6 is 0 Å². The summed E-state index contributed by atoms with van der Waals surface area (Å²) in [6.07, 6.45) is 1.12. The van der Waals surface area contributed by atoms with Crippen molar-refractivity contribution in [1.82, 2.24) is 10.6 Å². The zero-order chi connectivity index (χ0) is 34.4. The number of hydrogen-bond acceptors (Lipinski definition) is 9. The number of ether oxygens (including phenoxy) is 5. The van der Waals surface area contributed by atoms with Gasteiger partial charge in [0.15, 0.2) is 23.0 Å². The molecule has 4 rings (SSSR count). The van der Waals surface area contributed by atoms with Crippen molar-refractivity contribution >= 4 is 17.5 Å². The van der Waals surface area contributed by atoms with Crippen LogP contribution in [0.1, 0.15) is 62.9 Å². The van der Waals surface area contributed by atoms with Gasteiger partial charge in [0.25, 0.3) is 0 Å². The van der Waals surface area contributed by atoms with Crippen LogP contribution in [-0.2, 0) is 16.0 Å². The molecule has 0 heterocycles. The third-order valence-corrected chi connectivity index (χ3v) is 8.41. The largest absolute Gasteiger partial charge is 0.493 e. The summed E-state index contributed by atoms with van der Waals surface area (Å²) < 4.78 is 28.0. The van der Waals surface area contributed by atoms with Gasteiger partial charge in [-0.05, 0) is 78.3 Å². The highest BCUT2D eigenvalue weighted by Gasteiger charge is 2.30. The van der Waals surface area contributed by atoms with Crippen LogP contribution in [0.3, 0.4) is 0 Å². The average Bonchev–Trinajstić information content (AvgIpc) is 3.30. The Hall–Kier alpha value is -4.93. The molecule has 0 spiro atoms. The Morgan fingerprint density at radius 3 is 2.09 bits per heavy atom. The van der Waals surface area contributed by atoms with E-state index in [9.17, 15) is 14.4 Å². The molecule has 252 valence electrons. The molecule has 1 unspecified atom stereocenters. The van der Waals surface area contributed by atoms with Crippen LogP contribution in [0.4, 0.5) is 5.69 Å². The SMILES string of the molecule is COc1ccc(C(NC(=O)[C@@H](C)Nc2ccc3c(cc2=O)[C@H](NC(C)=O)CCc2cc(OC)c(OC)c(OC)c2-3)C(C)C)cc1OC. The van der Waals surface area contributed by atoms with E-state index in [1.54, 1.807) is 41.4 Å². The zero-order valence-electron chi connectivity index (χ0n) is 28.5. The molecule has 3 N–H and O–H groups in total. The fourth-order valence-corrected chi connectivity index (χ4v) is 6.09. The van der Waals surface area contributed by atoms with Gasteiger partial charge in [-0.1, -0.05) is 26.0 Å². The summed E-state index contributed by atoms with van der Waals surface area (Å²) in [5.41, 5.74) is 3.76. The van der Waals surface area contributed by atoms with Gasteiger partial charge in [-0.3, -0.25) is 14.4 Å². The number of nitrogens with one attached hydrogen (secondary N) is 3. The molecule has 3 atom stereocenters. The van der Waals surface area contributed by atoms with Crippen molar-refractivity contribution in [2.45, 2.75) is 58.7 Å². The molecule has 1 aliphatic rings. The van der Waals surface area contributed by atoms with Gasteiger partial charge in [0.2, 0.25) is 23.0 Å². The summed E-state index contributed by atoms with van der Waals surface area (Å²) in [7, 11) is 7.78. The highest BCUT2D eigenvalue weighted by molar-refractivity contribution is 5.86. The van der Waals surface area contributed by atoms with Crippen molar-refractivity contribution < 1.29 is 33.3 Å². The van der Waals surface area contributed by atoms with E-state index in [0.717, 1.165) is 16.7 Å². The Morgan fingerprint density at radius 2 is 1.49 bits per heavy atom. The van der Waals surface area contributed by atoms with Gasteiger partial charge >= 0.3 is 0 Å². The number of benzene rings is 2. The van der Waals surface area contributed by atoms with E-state index in [1.807, 2.05) is 44.2 Å². The molecule has 3 aromatic carbocycles. The Bertz CT molecular complexity index is 1690. The number of anilines is 1. The number of aryl methyl sites for hydroxylation is 1. The Morgan fingerprint density at radius 1 is 0.809 bits per heavy atom. The van der Waals surface area contributed by atoms with Gasteiger partial charge in [0, 0.05) is 12.5 Å². The lowest BCUT2D eigenvalue weighted by Crippen LogP contribution is -2.41. The van der Waals surface area contributed by atoms with E-state index in [4.69, 9.17) is 23.7 Å². The number of amides is 2. The summed E-state index contributed by atoms with van der Waals surface area (Å²) >= 11 is 0. The van der Waals surface area contributed by atoms with Crippen LogP contribution in [0.15, 0.2) is 47.3 Å². The molecular weight excluding hydrogens is 602 g/mol. The minimum absolute atomic E-state index is 0.0564. The van der Waals surface area contributed by atoms with Crippen LogP contribution in [0.25, 0.3) is 11.1 Å². The monoisotopic (exact) mass is 647 g/mol. The van der Waals surface area contributed by atoms with E-state index in [2.05, 4.69) is 16.0 Å². The normalized spacial score (nSPS) is 14.8. The number of carbonyl (C=O) groups excluding carboxylic acids is 2. The number of fused-ring (bicyclic) bond motifs is 3. The molecule has 0 aromatic heterocycles. The number of methoxy groups -OCH3 is 5. The molecule has 1 aliphatic carbocycles. The van der Waals surface area contributed by atoms with E-state index < -0.39 is 12.1 Å². The molecule has 47 heavy (non-hydrogen) atoms. The van der Waals surface area contributed by atoms with Gasteiger partial charge in [0.05, 0.1) is 53.3 Å². The Kier molecular flexibility index (Phi) is 11.2. The third-order valence-electron chi connectivity index (χ3n) is 8.41. The maximum absolute atomic E-state index is 13.8. The van der Waals surface area contributed by atoms with Crippen LogP contribution in [0.2, 0.25) is 0 Å². The highest BCUT2D eigenvalue weighted by atomic mass is 16.5. The predicted octanol–water partition coefficient (Wildman–Crippen LogP) is 5.19. The third kappa shape index (κ3) is 7.40. The van der Waals surface area contributed by atoms with E-state index in [1.165, 1.54) is 20.1 Å². The highest BCUT2D eigenvalue weighted by Crippen LogP contribution is 2.50. The standard InChI is InChI=1S/C36H45N3O8/c1-19(2)33(23-11-15-29(43-5)30(17-23)44-6)39-36(42)20(3)37-27-14-12-24-25(18-28(27)41)26(38-21(4)40)13-10-22-16-31(45-7)34(46-8)35(47-9)32(22)24/h11-12,14-20,26,33H,10,13H2,1-9H3,(H,37,41)(H,38,40)(H,39,42)/t20-,26-,33?/m1/s1. The molecule has 11 heteroatoms. The first-order valence-corrected chi connectivity index (χ1v) is 15.5. The minimum Gasteiger partial charge on any atom is -0.493 e. The molecule has 0 aliphatic heterocycles. The van der Waals surface area contributed by atoms with Crippen LogP contribution < -0.4 is 45.1 Å². The second kappa shape index (κ2) is 15.1. The zero-order valence-corrected chi connectivity index (χ0v) is 28.5. The van der Waals surface area contributed by atoms with Crippen molar-refractivity contribution in [3.63, 3.8) is 0 Å². The maximum Gasteiger partial charge on any atom is 0.242 e. The smallest absolute Gasteiger partial charge is 0.242 e. The Balaban J connectivity index is 1.73.